The maximum absolute atomic E-state index is 12.4. The number of aryl methyl sites for hydroxylation is 2. The van der Waals surface area contributed by atoms with Crippen LogP contribution in [0.3, 0.4) is 0 Å². The lowest BCUT2D eigenvalue weighted by Gasteiger charge is -2.14. The standard InChI is InChI=1S/C22H24N2O3/c1-15-4-6-18(7-5-15)22-19(14-27-24-22)10-13-21(25)23-16(2)17-8-11-20(26-3)12-9-17/h4-9,11-12,14,16H,10,13H2,1-3H3,(H,23,25)/t16-/m1/s1. The lowest BCUT2D eigenvalue weighted by atomic mass is 10.0. The molecule has 140 valence electrons. The van der Waals surface area contributed by atoms with Gasteiger partial charge in [-0.15, -0.1) is 0 Å². The molecule has 0 fully saturated rings. The van der Waals surface area contributed by atoms with E-state index in [0.717, 1.165) is 28.1 Å². The molecule has 3 aromatic rings. The summed E-state index contributed by atoms with van der Waals surface area (Å²) in [7, 11) is 1.63. The zero-order valence-electron chi connectivity index (χ0n) is 15.9. The van der Waals surface area contributed by atoms with Crippen molar-refractivity contribution in [2.75, 3.05) is 7.11 Å². The van der Waals surface area contributed by atoms with Crippen molar-refractivity contribution < 1.29 is 14.1 Å². The van der Waals surface area contributed by atoms with E-state index in [4.69, 9.17) is 9.26 Å². The molecule has 1 amide bonds. The number of hydrogen-bond donors (Lipinski definition) is 1. The largest absolute Gasteiger partial charge is 0.497 e. The fraction of sp³-hybridized carbons (Fsp3) is 0.273. The van der Waals surface area contributed by atoms with E-state index in [2.05, 4.69) is 10.5 Å². The van der Waals surface area contributed by atoms with E-state index < -0.39 is 0 Å². The van der Waals surface area contributed by atoms with E-state index in [1.165, 1.54) is 5.56 Å². The van der Waals surface area contributed by atoms with Crippen molar-refractivity contribution in [1.82, 2.24) is 10.5 Å². The van der Waals surface area contributed by atoms with Crippen molar-refractivity contribution in [3.8, 4) is 17.0 Å². The number of ether oxygens (including phenoxy) is 1. The van der Waals surface area contributed by atoms with Crippen molar-refractivity contribution in [3.05, 3.63) is 71.5 Å². The molecule has 0 aliphatic heterocycles. The number of hydrogen-bond acceptors (Lipinski definition) is 4. The van der Waals surface area contributed by atoms with Crippen LogP contribution in [0.4, 0.5) is 0 Å². The summed E-state index contributed by atoms with van der Waals surface area (Å²) < 4.78 is 10.3. The second-order valence-electron chi connectivity index (χ2n) is 6.62. The second-order valence-corrected chi connectivity index (χ2v) is 6.62. The molecule has 1 atom stereocenters. The number of carbonyl (C=O) groups excluding carboxylic acids is 1. The zero-order valence-corrected chi connectivity index (χ0v) is 15.9. The molecular formula is C22H24N2O3. The number of nitrogens with one attached hydrogen (secondary N) is 1. The van der Waals surface area contributed by atoms with Crippen molar-refractivity contribution in [2.24, 2.45) is 0 Å². The molecule has 0 unspecified atom stereocenters. The van der Waals surface area contributed by atoms with Crippen LogP contribution in [0.15, 0.2) is 59.3 Å². The summed E-state index contributed by atoms with van der Waals surface area (Å²) in [4.78, 5) is 12.4. The first-order chi connectivity index (χ1) is 13.1. The fourth-order valence-corrected chi connectivity index (χ4v) is 2.92. The minimum atomic E-state index is -0.0672. The van der Waals surface area contributed by atoms with Gasteiger partial charge < -0.3 is 14.6 Å². The molecule has 0 aliphatic rings. The number of carbonyl (C=O) groups is 1. The van der Waals surface area contributed by atoms with Crippen LogP contribution in [0.25, 0.3) is 11.3 Å². The Morgan fingerprint density at radius 1 is 1.15 bits per heavy atom. The van der Waals surface area contributed by atoms with Gasteiger partial charge in [0.25, 0.3) is 0 Å². The average molecular weight is 364 g/mol. The Labute approximate surface area is 159 Å². The van der Waals surface area contributed by atoms with E-state index in [0.29, 0.717) is 12.8 Å². The molecule has 0 saturated carbocycles. The zero-order chi connectivity index (χ0) is 19.2. The van der Waals surface area contributed by atoms with Crippen molar-refractivity contribution in [1.29, 1.82) is 0 Å². The van der Waals surface area contributed by atoms with E-state index in [9.17, 15) is 4.79 Å². The molecule has 0 bridgehead atoms. The van der Waals surface area contributed by atoms with Crippen molar-refractivity contribution in [3.63, 3.8) is 0 Å². The number of methoxy groups -OCH3 is 1. The first kappa shape index (κ1) is 18.7. The molecule has 3 rings (SSSR count). The Bertz CT molecular complexity index is 883. The maximum Gasteiger partial charge on any atom is 0.220 e. The molecule has 27 heavy (non-hydrogen) atoms. The fourth-order valence-electron chi connectivity index (χ4n) is 2.92. The quantitative estimate of drug-likeness (QED) is 0.672. The minimum Gasteiger partial charge on any atom is -0.497 e. The molecule has 0 saturated heterocycles. The Morgan fingerprint density at radius 2 is 1.85 bits per heavy atom. The summed E-state index contributed by atoms with van der Waals surface area (Å²) in [5.74, 6) is 0.794. The van der Waals surface area contributed by atoms with E-state index in [1.54, 1.807) is 13.4 Å². The highest BCUT2D eigenvalue weighted by molar-refractivity contribution is 5.77. The van der Waals surface area contributed by atoms with Crippen LogP contribution < -0.4 is 10.1 Å². The Balaban J connectivity index is 1.58. The number of aromatic nitrogens is 1. The molecule has 0 aliphatic carbocycles. The first-order valence-corrected chi connectivity index (χ1v) is 9.00. The van der Waals surface area contributed by atoms with E-state index in [-0.39, 0.29) is 11.9 Å². The van der Waals surface area contributed by atoms with E-state index in [1.807, 2.05) is 62.4 Å². The summed E-state index contributed by atoms with van der Waals surface area (Å²) in [5, 5.41) is 7.13. The Hall–Kier alpha value is -3.08. The topological polar surface area (TPSA) is 64.4 Å². The van der Waals surface area contributed by atoms with Gasteiger partial charge in [0, 0.05) is 17.5 Å². The summed E-state index contributed by atoms with van der Waals surface area (Å²) in [5.41, 5.74) is 4.96. The third-order valence-electron chi connectivity index (χ3n) is 4.58. The molecule has 5 heteroatoms. The van der Waals surface area contributed by atoms with Crippen LogP contribution in [0.2, 0.25) is 0 Å². The third-order valence-corrected chi connectivity index (χ3v) is 4.58. The summed E-state index contributed by atoms with van der Waals surface area (Å²) >= 11 is 0. The van der Waals surface area contributed by atoms with Gasteiger partial charge in [0.2, 0.25) is 5.91 Å². The van der Waals surface area contributed by atoms with Gasteiger partial charge in [-0.3, -0.25) is 4.79 Å². The highest BCUT2D eigenvalue weighted by Gasteiger charge is 2.14. The normalized spacial score (nSPS) is 11.8. The van der Waals surface area contributed by atoms with Gasteiger partial charge >= 0.3 is 0 Å². The average Bonchev–Trinajstić information content (AvgIpc) is 3.15. The third kappa shape index (κ3) is 4.76. The molecule has 0 spiro atoms. The van der Waals surface area contributed by atoms with Crippen LogP contribution >= 0.6 is 0 Å². The van der Waals surface area contributed by atoms with Crippen molar-refractivity contribution >= 4 is 5.91 Å². The van der Waals surface area contributed by atoms with Gasteiger partial charge in [-0.05, 0) is 38.0 Å². The SMILES string of the molecule is COc1ccc([C@@H](C)NC(=O)CCc2conc2-c2ccc(C)cc2)cc1. The van der Waals surface area contributed by atoms with Crippen LogP contribution in [0, 0.1) is 6.92 Å². The van der Waals surface area contributed by atoms with Crippen LogP contribution in [0.5, 0.6) is 5.75 Å². The van der Waals surface area contributed by atoms with Crippen LogP contribution in [-0.4, -0.2) is 18.2 Å². The second kappa shape index (κ2) is 8.54. The van der Waals surface area contributed by atoms with Gasteiger partial charge in [0.1, 0.15) is 17.7 Å². The lowest BCUT2D eigenvalue weighted by Crippen LogP contribution is -2.26. The van der Waals surface area contributed by atoms with Gasteiger partial charge in [-0.1, -0.05) is 47.1 Å². The molecule has 1 aromatic heterocycles. The highest BCUT2D eigenvalue weighted by atomic mass is 16.5. The van der Waals surface area contributed by atoms with Crippen molar-refractivity contribution in [2.45, 2.75) is 32.7 Å². The number of benzene rings is 2. The summed E-state index contributed by atoms with van der Waals surface area (Å²) in [6, 6.07) is 15.7. The van der Waals surface area contributed by atoms with Gasteiger partial charge in [-0.2, -0.15) is 0 Å². The predicted octanol–water partition coefficient (Wildman–Crippen LogP) is 4.47. The van der Waals surface area contributed by atoms with Crippen LogP contribution in [-0.2, 0) is 11.2 Å². The van der Waals surface area contributed by atoms with Gasteiger partial charge in [0.05, 0.1) is 13.2 Å². The van der Waals surface area contributed by atoms with Gasteiger partial charge in [-0.25, -0.2) is 0 Å². The highest BCUT2D eigenvalue weighted by Crippen LogP contribution is 2.24. The Kier molecular flexibility index (Phi) is 5.91. The molecular weight excluding hydrogens is 340 g/mol. The lowest BCUT2D eigenvalue weighted by molar-refractivity contribution is -0.121. The summed E-state index contributed by atoms with van der Waals surface area (Å²) in [6.07, 6.45) is 2.57. The summed E-state index contributed by atoms with van der Waals surface area (Å²) in [6.45, 7) is 4.01. The molecule has 1 N–H and O–H groups in total. The molecule has 1 heterocycles. The van der Waals surface area contributed by atoms with Crippen LogP contribution in [0.1, 0.15) is 36.1 Å². The minimum absolute atomic E-state index is 0.00521. The monoisotopic (exact) mass is 364 g/mol. The Morgan fingerprint density at radius 3 is 2.52 bits per heavy atom. The number of nitrogens with zero attached hydrogens (tertiary/aromatic N) is 1. The maximum atomic E-state index is 12.4. The molecule has 2 aromatic carbocycles. The molecule has 5 nitrogen and oxygen atoms in total. The number of amides is 1. The smallest absolute Gasteiger partial charge is 0.220 e. The molecule has 0 radical (unpaired) electrons. The number of rotatable bonds is 7. The first-order valence-electron chi connectivity index (χ1n) is 9.00. The van der Waals surface area contributed by atoms with E-state index >= 15 is 0 Å². The predicted molar refractivity (Wildman–Crippen MR) is 105 cm³/mol. The van der Waals surface area contributed by atoms with Gasteiger partial charge in [0.15, 0.2) is 0 Å².